The quantitative estimate of drug-likeness (QED) is 0.820. The monoisotopic (exact) mass is 221 g/mol. The zero-order valence-corrected chi connectivity index (χ0v) is 9.47. The minimum Gasteiger partial charge on any atom is -0.334 e. The van der Waals surface area contributed by atoms with E-state index in [4.69, 9.17) is 10.3 Å². The van der Waals surface area contributed by atoms with E-state index in [-0.39, 0.29) is 0 Å². The first kappa shape index (κ1) is 10.8. The van der Waals surface area contributed by atoms with E-state index >= 15 is 0 Å². The van der Waals surface area contributed by atoms with Crippen molar-refractivity contribution in [3.05, 3.63) is 17.7 Å². The fourth-order valence-electron chi connectivity index (χ4n) is 1.53. The average molecular weight is 221 g/mol. The van der Waals surface area contributed by atoms with E-state index in [1.54, 1.807) is 4.68 Å². The SMILES string of the molecule is Cc1nn(C)cc1-c1nc(CCCN)no1. The van der Waals surface area contributed by atoms with Gasteiger partial charge in [-0.3, -0.25) is 4.68 Å². The summed E-state index contributed by atoms with van der Waals surface area (Å²) in [5.41, 5.74) is 7.19. The minimum absolute atomic E-state index is 0.526. The Labute approximate surface area is 93.4 Å². The number of hydrogen-bond acceptors (Lipinski definition) is 5. The summed E-state index contributed by atoms with van der Waals surface area (Å²) in [5.74, 6) is 1.22. The third-order valence-electron chi connectivity index (χ3n) is 2.32. The van der Waals surface area contributed by atoms with Crippen LogP contribution in [0.25, 0.3) is 11.5 Å². The molecule has 0 aliphatic carbocycles. The van der Waals surface area contributed by atoms with Crippen LogP contribution >= 0.6 is 0 Å². The summed E-state index contributed by atoms with van der Waals surface area (Å²) in [7, 11) is 1.86. The Morgan fingerprint density at radius 2 is 2.31 bits per heavy atom. The van der Waals surface area contributed by atoms with E-state index < -0.39 is 0 Å². The van der Waals surface area contributed by atoms with Gasteiger partial charge in [-0.1, -0.05) is 5.16 Å². The molecule has 0 amide bonds. The Morgan fingerprint density at radius 3 is 2.94 bits per heavy atom. The lowest BCUT2D eigenvalue weighted by Gasteiger charge is -1.89. The molecular weight excluding hydrogens is 206 g/mol. The number of nitrogens with two attached hydrogens (primary N) is 1. The third kappa shape index (κ3) is 2.11. The van der Waals surface area contributed by atoms with Crippen LogP contribution in [0.2, 0.25) is 0 Å². The van der Waals surface area contributed by atoms with Gasteiger partial charge < -0.3 is 10.3 Å². The fourth-order valence-corrected chi connectivity index (χ4v) is 1.53. The summed E-state index contributed by atoms with van der Waals surface area (Å²) in [6.07, 6.45) is 3.49. The molecule has 6 heteroatoms. The van der Waals surface area contributed by atoms with Crippen molar-refractivity contribution in [2.24, 2.45) is 12.8 Å². The van der Waals surface area contributed by atoms with E-state index in [1.165, 1.54) is 0 Å². The van der Waals surface area contributed by atoms with E-state index in [9.17, 15) is 0 Å². The Kier molecular flexibility index (Phi) is 3.00. The first-order valence-electron chi connectivity index (χ1n) is 5.24. The van der Waals surface area contributed by atoms with Gasteiger partial charge in [0.25, 0.3) is 5.89 Å². The van der Waals surface area contributed by atoms with E-state index in [1.807, 2.05) is 20.2 Å². The predicted octanol–water partition coefficient (Wildman–Crippen LogP) is 0.670. The molecule has 86 valence electrons. The molecule has 0 fully saturated rings. The van der Waals surface area contributed by atoms with Crippen molar-refractivity contribution in [3.63, 3.8) is 0 Å². The van der Waals surface area contributed by atoms with Crippen LogP contribution in [0.4, 0.5) is 0 Å². The van der Waals surface area contributed by atoms with Crippen LogP contribution in [0, 0.1) is 6.92 Å². The van der Waals surface area contributed by atoms with E-state index in [0.29, 0.717) is 18.3 Å². The molecule has 2 N–H and O–H groups in total. The summed E-state index contributed by atoms with van der Waals surface area (Å²) < 4.78 is 6.92. The van der Waals surface area contributed by atoms with Crippen LogP contribution < -0.4 is 5.73 Å². The lowest BCUT2D eigenvalue weighted by Crippen LogP contribution is -2.01. The maximum Gasteiger partial charge on any atom is 0.261 e. The summed E-state index contributed by atoms with van der Waals surface area (Å²) in [5, 5.41) is 8.13. The Hall–Kier alpha value is -1.69. The molecule has 0 radical (unpaired) electrons. The van der Waals surface area contributed by atoms with Gasteiger partial charge in [-0.05, 0) is 19.9 Å². The lowest BCUT2D eigenvalue weighted by atomic mass is 10.2. The number of hydrogen-bond donors (Lipinski definition) is 1. The van der Waals surface area contributed by atoms with Crippen LogP contribution in [-0.4, -0.2) is 26.5 Å². The second-order valence-electron chi connectivity index (χ2n) is 3.71. The highest BCUT2D eigenvalue weighted by Gasteiger charge is 2.13. The maximum atomic E-state index is 5.42. The Morgan fingerprint density at radius 1 is 1.50 bits per heavy atom. The Balaban J connectivity index is 2.21. The molecule has 0 unspecified atom stereocenters. The van der Waals surface area contributed by atoms with Gasteiger partial charge in [-0.25, -0.2) is 0 Å². The molecule has 2 aromatic heterocycles. The normalized spacial score (nSPS) is 10.9. The molecule has 0 saturated carbocycles. The number of aromatic nitrogens is 4. The van der Waals surface area contributed by atoms with Gasteiger partial charge in [-0.15, -0.1) is 0 Å². The van der Waals surface area contributed by atoms with Gasteiger partial charge in [0.1, 0.15) is 0 Å². The van der Waals surface area contributed by atoms with Crippen molar-refractivity contribution in [3.8, 4) is 11.5 Å². The fraction of sp³-hybridized carbons (Fsp3) is 0.500. The molecule has 0 aromatic carbocycles. The molecule has 2 rings (SSSR count). The van der Waals surface area contributed by atoms with Crippen molar-refractivity contribution in [2.45, 2.75) is 19.8 Å². The Bertz CT molecular complexity index is 473. The molecule has 0 bridgehead atoms. The first-order valence-corrected chi connectivity index (χ1v) is 5.24. The van der Waals surface area contributed by atoms with Gasteiger partial charge in [0.05, 0.1) is 11.3 Å². The zero-order chi connectivity index (χ0) is 11.5. The van der Waals surface area contributed by atoms with Crippen LogP contribution in [0.3, 0.4) is 0 Å². The van der Waals surface area contributed by atoms with Crippen LogP contribution in [0.5, 0.6) is 0 Å². The maximum absolute atomic E-state index is 5.42. The molecule has 0 saturated heterocycles. The lowest BCUT2D eigenvalue weighted by molar-refractivity contribution is 0.421. The third-order valence-corrected chi connectivity index (χ3v) is 2.32. The highest BCUT2D eigenvalue weighted by molar-refractivity contribution is 5.54. The topological polar surface area (TPSA) is 82.8 Å². The summed E-state index contributed by atoms with van der Waals surface area (Å²) in [4.78, 5) is 4.31. The number of nitrogens with zero attached hydrogens (tertiary/aromatic N) is 4. The highest BCUT2D eigenvalue weighted by atomic mass is 16.5. The summed E-state index contributed by atoms with van der Waals surface area (Å²) in [6, 6.07) is 0. The van der Waals surface area contributed by atoms with Gasteiger partial charge in [0.15, 0.2) is 5.82 Å². The molecule has 0 spiro atoms. The molecule has 6 nitrogen and oxygen atoms in total. The molecule has 16 heavy (non-hydrogen) atoms. The minimum atomic E-state index is 0.526. The van der Waals surface area contributed by atoms with Crippen molar-refractivity contribution >= 4 is 0 Å². The number of rotatable bonds is 4. The van der Waals surface area contributed by atoms with Crippen LogP contribution in [0.1, 0.15) is 17.9 Å². The average Bonchev–Trinajstić information content (AvgIpc) is 2.82. The van der Waals surface area contributed by atoms with Crippen molar-refractivity contribution in [1.29, 1.82) is 0 Å². The second-order valence-corrected chi connectivity index (χ2v) is 3.71. The standard InChI is InChI=1S/C10H15N5O/c1-7-8(6-15(2)13-7)10-12-9(14-16-10)4-3-5-11/h6H,3-5,11H2,1-2H3. The van der Waals surface area contributed by atoms with Crippen LogP contribution in [0.15, 0.2) is 10.7 Å². The molecule has 0 atom stereocenters. The number of aryl methyl sites for hydroxylation is 3. The van der Waals surface area contributed by atoms with E-state index in [2.05, 4.69) is 15.2 Å². The summed E-state index contributed by atoms with van der Waals surface area (Å²) in [6.45, 7) is 2.55. The van der Waals surface area contributed by atoms with Crippen molar-refractivity contribution in [2.75, 3.05) is 6.54 Å². The molecule has 2 aromatic rings. The van der Waals surface area contributed by atoms with E-state index in [0.717, 1.165) is 24.1 Å². The molecule has 0 aliphatic heterocycles. The van der Waals surface area contributed by atoms with Gasteiger partial charge in [0, 0.05) is 19.7 Å². The predicted molar refractivity (Wildman–Crippen MR) is 58.6 cm³/mol. The second kappa shape index (κ2) is 4.44. The van der Waals surface area contributed by atoms with Crippen LogP contribution in [-0.2, 0) is 13.5 Å². The molecular formula is C10H15N5O. The van der Waals surface area contributed by atoms with Crippen molar-refractivity contribution in [1.82, 2.24) is 19.9 Å². The first-order chi connectivity index (χ1) is 7.70. The highest BCUT2D eigenvalue weighted by Crippen LogP contribution is 2.20. The van der Waals surface area contributed by atoms with Crippen molar-refractivity contribution < 1.29 is 4.52 Å². The van der Waals surface area contributed by atoms with Gasteiger partial charge in [-0.2, -0.15) is 10.1 Å². The molecule has 2 heterocycles. The van der Waals surface area contributed by atoms with Gasteiger partial charge in [0.2, 0.25) is 0 Å². The largest absolute Gasteiger partial charge is 0.334 e. The smallest absolute Gasteiger partial charge is 0.261 e. The summed E-state index contributed by atoms with van der Waals surface area (Å²) >= 11 is 0. The zero-order valence-electron chi connectivity index (χ0n) is 9.47. The van der Waals surface area contributed by atoms with Gasteiger partial charge >= 0.3 is 0 Å². The molecule has 0 aliphatic rings.